The molecule has 0 saturated carbocycles. The van der Waals surface area contributed by atoms with E-state index >= 15 is 0 Å². The van der Waals surface area contributed by atoms with Gasteiger partial charge >= 0.3 is 0 Å². The molecule has 2 aromatic heterocycles. The highest BCUT2D eigenvalue weighted by molar-refractivity contribution is 5.24. The summed E-state index contributed by atoms with van der Waals surface area (Å²) in [6.45, 7) is 6.96. The first-order valence-electron chi connectivity index (χ1n) is 6.72. The first kappa shape index (κ1) is 13.8. The lowest BCUT2D eigenvalue weighted by atomic mass is 10.0. The molecular formula is C14H22N4O. The van der Waals surface area contributed by atoms with Crippen molar-refractivity contribution in [3.8, 4) is 0 Å². The molecule has 1 atom stereocenters. The maximum atomic E-state index is 10.3. The predicted octanol–water partition coefficient (Wildman–Crippen LogP) is 1.92. The molecule has 1 unspecified atom stereocenters. The summed E-state index contributed by atoms with van der Waals surface area (Å²) in [5.74, 6) is 0.752. The second-order valence-electron chi connectivity index (χ2n) is 4.90. The van der Waals surface area contributed by atoms with E-state index in [1.54, 1.807) is 6.20 Å². The van der Waals surface area contributed by atoms with E-state index in [-0.39, 0.29) is 0 Å². The average molecular weight is 262 g/mol. The largest absolute Gasteiger partial charge is 0.385 e. The molecule has 0 aliphatic rings. The summed E-state index contributed by atoms with van der Waals surface area (Å²) in [5.41, 5.74) is 3.45. The third-order valence-electron chi connectivity index (χ3n) is 3.71. The van der Waals surface area contributed by atoms with Gasteiger partial charge in [-0.05, 0) is 39.2 Å². The number of imidazole rings is 1. The molecule has 19 heavy (non-hydrogen) atoms. The van der Waals surface area contributed by atoms with Crippen molar-refractivity contribution < 1.29 is 5.11 Å². The van der Waals surface area contributed by atoms with Crippen LogP contribution in [0.3, 0.4) is 0 Å². The maximum Gasteiger partial charge on any atom is 0.137 e. The van der Waals surface area contributed by atoms with Crippen LogP contribution in [0.25, 0.3) is 0 Å². The number of aliphatic hydroxyl groups excluding tert-OH is 1. The number of aromatic nitrogens is 4. The van der Waals surface area contributed by atoms with Crippen LogP contribution in [0.2, 0.25) is 0 Å². The molecule has 5 nitrogen and oxygen atoms in total. The van der Waals surface area contributed by atoms with E-state index in [0.29, 0.717) is 6.42 Å². The van der Waals surface area contributed by atoms with E-state index in [2.05, 4.69) is 17.0 Å². The lowest BCUT2D eigenvalue weighted by Gasteiger charge is -2.12. The van der Waals surface area contributed by atoms with Crippen LogP contribution in [-0.4, -0.2) is 24.4 Å². The molecule has 2 aromatic rings. The monoisotopic (exact) mass is 262 g/mol. The lowest BCUT2D eigenvalue weighted by Crippen LogP contribution is -2.09. The fourth-order valence-electron chi connectivity index (χ4n) is 2.47. The quantitative estimate of drug-likeness (QED) is 0.895. The van der Waals surface area contributed by atoms with Gasteiger partial charge in [-0.15, -0.1) is 0 Å². The Labute approximate surface area is 113 Å². The van der Waals surface area contributed by atoms with Crippen LogP contribution in [0.4, 0.5) is 0 Å². The van der Waals surface area contributed by atoms with Gasteiger partial charge < -0.3 is 9.67 Å². The van der Waals surface area contributed by atoms with Crippen molar-refractivity contribution in [2.45, 2.75) is 46.3 Å². The summed E-state index contributed by atoms with van der Waals surface area (Å²) in [7, 11) is 1.95. The molecule has 0 aliphatic carbocycles. The van der Waals surface area contributed by atoms with Gasteiger partial charge in [-0.3, -0.25) is 4.68 Å². The van der Waals surface area contributed by atoms with E-state index in [1.807, 2.05) is 36.3 Å². The second-order valence-corrected chi connectivity index (χ2v) is 4.90. The third kappa shape index (κ3) is 2.71. The Morgan fingerprint density at radius 1 is 1.37 bits per heavy atom. The molecular weight excluding hydrogens is 240 g/mol. The summed E-state index contributed by atoms with van der Waals surface area (Å²) in [6.07, 6.45) is 4.61. The molecule has 0 bridgehead atoms. The summed E-state index contributed by atoms with van der Waals surface area (Å²) in [6, 6.07) is 0. The van der Waals surface area contributed by atoms with Crippen LogP contribution in [0.1, 0.15) is 42.2 Å². The molecule has 0 saturated heterocycles. The van der Waals surface area contributed by atoms with Crippen molar-refractivity contribution in [3.05, 3.63) is 35.2 Å². The summed E-state index contributed by atoms with van der Waals surface area (Å²) in [5, 5.41) is 14.7. The van der Waals surface area contributed by atoms with Crippen molar-refractivity contribution >= 4 is 0 Å². The zero-order valence-electron chi connectivity index (χ0n) is 12.1. The van der Waals surface area contributed by atoms with Gasteiger partial charge in [-0.25, -0.2) is 4.98 Å². The molecule has 1 N–H and O–H groups in total. The average Bonchev–Trinajstić information content (AvgIpc) is 2.94. The van der Waals surface area contributed by atoms with E-state index in [1.165, 1.54) is 11.3 Å². The Morgan fingerprint density at radius 2 is 2.11 bits per heavy atom. The van der Waals surface area contributed by atoms with E-state index in [4.69, 9.17) is 0 Å². The second kappa shape index (κ2) is 5.57. The van der Waals surface area contributed by atoms with Crippen LogP contribution < -0.4 is 0 Å². The molecule has 0 fully saturated rings. The summed E-state index contributed by atoms with van der Waals surface area (Å²) < 4.78 is 3.87. The SMILES string of the molecule is CCn1ccnc1C(O)CCc1c(C)nn(C)c1C. The fraction of sp³-hybridized carbons (Fsp3) is 0.571. The minimum Gasteiger partial charge on any atom is -0.385 e. The standard InChI is InChI=1S/C14H22N4O/c1-5-18-9-8-15-14(18)13(19)7-6-12-10(2)16-17(4)11(12)3/h8-9,13,19H,5-7H2,1-4H3. The lowest BCUT2D eigenvalue weighted by molar-refractivity contribution is 0.153. The smallest absolute Gasteiger partial charge is 0.137 e. The molecule has 2 heterocycles. The van der Waals surface area contributed by atoms with Gasteiger partial charge in [0.1, 0.15) is 11.9 Å². The Kier molecular flexibility index (Phi) is 4.04. The van der Waals surface area contributed by atoms with Gasteiger partial charge in [-0.1, -0.05) is 0 Å². The molecule has 2 rings (SSSR count). The highest BCUT2D eigenvalue weighted by Gasteiger charge is 2.16. The highest BCUT2D eigenvalue weighted by Crippen LogP contribution is 2.21. The van der Waals surface area contributed by atoms with E-state index in [0.717, 1.165) is 24.5 Å². The molecule has 0 amide bonds. The van der Waals surface area contributed by atoms with E-state index in [9.17, 15) is 5.11 Å². The van der Waals surface area contributed by atoms with Crippen LogP contribution in [0.5, 0.6) is 0 Å². The molecule has 0 aromatic carbocycles. The number of aliphatic hydroxyl groups is 1. The molecule has 0 aliphatic heterocycles. The van der Waals surface area contributed by atoms with Gasteiger partial charge in [0, 0.05) is 31.7 Å². The van der Waals surface area contributed by atoms with E-state index < -0.39 is 6.10 Å². The summed E-state index contributed by atoms with van der Waals surface area (Å²) in [4.78, 5) is 4.24. The van der Waals surface area contributed by atoms with Gasteiger partial charge in [0.2, 0.25) is 0 Å². The Balaban J connectivity index is 2.06. The van der Waals surface area contributed by atoms with Gasteiger partial charge in [-0.2, -0.15) is 5.10 Å². The number of aryl methyl sites for hydroxylation is 3. The Bertz CT molecular complexity index is 556. The predicted molar refractivity (Wildman–Crippen MR) is 73.9 cm³/mol. The Hall–Kier alpha value is -1.62. The van der Waals surface area contributed by atoms with Crippen molar-refractivity contribution in [1.82, 2.24) is 19.3 Å². The van der Waals surface area contributed by atoms with Gasteiger partial charge in [0.25, 0.3) is 0 Å². The van der Waals surface area contributed by atoms with Crippen LogP contribution in [0.15, 0.2) is 12.4 Å². The zero-order valence-corrected chi connectivity index (χ0v) is 12.1. The maximum absolute atomic E-state index is 10.3. The van der Waals surface area contributed by atoms with Crippen molar-refractivity contribution in [2.75, 3.05) is 0 Å². The Morgan fingerprint density at radius 3 is 2.68 bits per heavy atom. The minimum absolute atomic E-state index is 0.519. The number of hydrogen-bond donors (Lipinski definition) is 1. The molecule has 0 radical (unpaired) electrons. The van der Waals surface area contributed by atoms with Gasteiger partial charge in [0.15, 0.2) is 0 Å². The van der Waals surface area contributed by atoms with Crippen molar-refractivity contribution in [1.29, 1.82) is 0 Å². The fourth-order valence-corrected chi connectivity index (χ4v) is 2.47. The first-order chi connectivity index (χ1) is 9.04. The third-order valence-corrected chi connectivity index (χ3v) is 3.71. The van der Waals surface area contributed by atoms with Crippen LogP contribution in [-0.2, 0) is 20.0 Å². The molecule has 5 heteroatoms. The van der Waals surface area contributed by atoms with Crippen LogP contribution in [0, 0.1) is 13.8 Å². The normalized spacial score (nSPS) is 12.9. The van der Waals surface area contributed by atoms with Gasteiger partial charge in [0.05, 0.1) is 5.69 Å². The zero-order chi connectivity index (χ0) is 14.0. The van der Waals surface area contributed by atoms with Crippen molar-refractivity contribution in [3.63, 3.8) is 0 Å². The highest BCUT2D eigenvalue weighted by atomic mass is 16.3. The minimum atomic E-state index is -0.519. The topological polar surface area (TPSA) is 55.9 Å². The first-order valence-corrected chi connectivity index (χ1v) is 6.72. The number of rotatable bonds is 5. The van der Waals surface area contributed by atoms with Crippen LogP contribution >= 0.6 is 0 Å². The van der Waals surface area contributed by atoms with Crippen molar-refractivity contribution in [2.24, 2.45) is 7.05 Å². The number of hydrogen-bond acceptors (Lipinski definition) is 3. The molecule has 0 spiro atoms. The number of nitrogens with zero attached hydrogens (tertiary/aromatic N) is 4. The molecule has 104 valence electrons. The summed E-state index contributed by atoms with van der Waals surface area (Å²) >= 11 is 0.